The van der Waals surface area contributed by atoms with E-state index in [-0.39, 0.29) is 25.0 Å². The Kier molecular flexibility index (Phi) is 13.8. The fraction of sp³-hybridized carbons (Fsp3) is 0.730. The van der Waals surface area contributed by atoms with Gasteiger partial charge in [-0.1, -0.05) is 30.3 Å². The van der Waals surface area contributed by atoms with Gasteiger partial charge in [0, 0.05) is 71.6 Å². The van der Waals surface area contributed by atoms with E-state index in [2.05, 4.69) is 10.6 Å². The largest absolute Gasteiger partial charge is 0.447 e. The minimum atomic E-state index is -0.659. The number of piperazine rings is 2. The molecule has 0 radical (unpaired) electrons. The lowest BCUT2D eigenvalue weighted by Crippen LogP contribution is -2.55. The normalized spacial score (nSPS) is 25.4. The molecule has 5 heterocycles. The maximum absolute atomic E-state index is 13.4. The minimum Gasteiger partial charge on any atom is -0.447 e. The van der Waals surface area contributed by atoms with E-state index in [9.17, 15) is 19.2 Å². The predicted octanol–water partition coefficient (Wildman–Crippen LogP) is 2.07. The van der Waals surface area contributed by atoms with E-state index in [1.54, 1.807) is 9.80 Å². The van der Waals surface area contributed by atoms with Crippen molar-refractivity contribution < 1.29 is 38.1 Å². The van der Waals surface area contributed by atoms with Crippen molar-refractivity contribution in [3.63, 3.8) is 0 Å². The molecule has 5 fully saturated rings. The summed E-state index contributed by atoms with van der Waals surface area (Å²) in [4.78, 5) is 59.4. The highest BCUT2D eigenvalue weighted by Gasteiger charge is 2.40. The molecule has 5 aliphatic rings. The molecular weight excluding hydrogens is 656 g/mol. The van der Waals surface area contributed by atoms with Gasteiger partial charge in [0.1, 0.15) is 24.9 Å². The van der Waals surface area contributed by atoms with Crippen molar-refractivity contribution >= 4 is 24.0 Å². The van der Waals surface area contributed by atoms with Crippen LogP contribution in [0.5, 0.6) is 0 Å². The van der Waals surface area contributed by atoms with Gasteiger partial charge in [0.05, 0.1) is 13.2 Å². The molecule has 14 heteroatoms. The number of nitrogens with one attached hydrogen (secondary N) is 2. The number of piperidine rings is 2. The number of hydrogen-bond acceptors (Lipinski definition) is 10. The van der Waals surface area contributed by atoms with Gasteiger partial charge in [0.2, 0.25) is 11.8 Å². The molecule has 0 unspecified atom stereocenters. The highest BCUT2D eigenvalue weighted by atomic mass is 16.6. The number of ether oxygens (including phenoxy) is 4. The number of carbonyl (C=O) groups is 4. The molecule has 5 saturated heterocycles. The summed E-state index contributed by atoms with van der Waals surface area (Å²) in [6.45, 7) is 7.97. The molecule has 0 aromatic heterocycles. The monoisotopic (exact) mass is 712 g/mol. The van der Waals surface area contributed by atoms with Crippen LogP contribution in [0.4, 0.5) is 9.59 Å². The van der Waals surface area contributed by atoms with Gasteiger partial charge in [-0.2, -0.15) is 0 Å². The Balaban J connectivity index is 0.983. The van der Waals surface area contributed by atoms with Gasteiger partial charge in [-0.05, 0) is 69.3 Å². The number of carbonyl (C=O) groups excluding carboxylic acids is 4. The van der Waals surface area contributed by atoms with Gasteiger partial charge in [0.25, 0.3) is 0 Å². The van der Waals surface area contributed by atoms with Crippen LogP contribution in [0.1, 0.15) is 50.5 Å². The molecule has 1 aromatic carbocycles. The third kappa shape index (κ3) is 10.8. The first kappa shape index (κ1) is 37.3. The molecule has 51 heavy (non-hydrogen) atoms. The lowest BCUT2D eigenvalue weighted by atomic mass is 9.94. The molecular formula is C37H56N6O8. The Morgan fingerprint density at radius 1 is 0.667 bits per heavy atom. The van der Waals surface area contributed by atoms with E-state index in [1.165, 1.54) is 0 Å². The van der Waals surface area contributed by atoms with Gasteiger partial charge >= 0.3 is 12.2 Å². The quantitative estimate of drug-likeness (QED) is 0.371. The number of amides is 4. The van der Waals surface area contributed by atoms with Crippen LogP contribution in [0, 0.1) is 11.8 Å². The van der Waals surface area contributed by atoms with Gasteiger partial charge in [-0.3, -0.25) is 9.59 Å². The maximum atomic E-state index is 13.4. The van der Waals surface area contributed by atoms with Gasteiger partial charge < -0.3 is 49.2 Å². The van der Waals surface area contributed by atoms with Crippen molar-refractivity contribution in [2.24, 2.45) is 11.8 Å². The van der Waals surface area contributed by atoms with Crippen molar-refractivity contribution in [3.05, 3.63) is 35.9 Å². The first-order valence-corrected chi connectivity index (χ1v) is 19.0. The highest BCUT2D eigenvalue weighted by Crippen LogP contribution is 2.25. The molecule has 3 atom stereocenters. The van der Waals surface area contributed by atoms with Crippen LogP contribution in [0.15, 0.2) is 30.3 Å². The first-order chi connectivity index (χ1) is 24.9. The Hall–Kier alpha value is -3.46. The second-order valence-electron chi connectivity index (χ2n) is 14.5. The highest BCUT2D eigenvalue weighted by molar-refractivity contribution is 5.77. The summed E-state index contributed by atoms with van der Waals surface area (Å²) in [6.07, 6.45) is 2.86. The molecule has 4 amide bonds. The smallest absolute Gasteiger partial charge is 0.410 e. The second kappa shape index (κ2) is 18.9. The van der Waals surface area contributed by atoms with E-state index < -0.39 is 30.5 Å². The summed E-state index contributed by atoms with van der Waals surface area (Å²) >= 11 is 0. The average Bonchev–Trinajstić information content (AvgIpc) is 3.17. The number of hydrogen-bond donors (Lipinski definition) is 2. The molecule has 14 nitrogen and oxygen atoms in total. The van der Waals surface area contributed by atoms with Gasteiger partial charge in [0.15, 0.2) is 0 Å². The van der Waals surface area contributed by atoms with Crippen molar-refractivity contribution in [2.45, 2.75) is 69.9 Å². The van der Waals surface area contributed by atoms with Crippen LogP contribution in [0.3, 0.4) is 0 Å². The summed E-state index contributed by atoms with van der Waals surface area (Å²) < 4.78 is 24.2. The molecule has 0 saturated carbocycles. The van der Waals surface area contributed by atoms with Crippen LogP contribution < -0.4 is 10.6 Å². The van der Waals surface area contributed by atoms with Crippen LogP contribution in [-0.2, 0) is 35.1 Å². The van der Waals surface area contributed by atoms with Crippen molar-refractivity contribution in [1.29, 1.82) is 0 Å². The summed E-state index contributed by atoms with van der Waals surface area (Å²) in [7, 11) is 0. The van der Waals surface area contributed by atoms with E-state index in [0.29, 0.717) is 90.1 Å². The zero-order valence-electron chi connectivity index (χ0n) is 29.9. The fourth-order valence-electron chi connectivity index (χ4n) is 7.73. The zero-order valence-corrected chi connectivity index (χ0v) is 29.9. The van der Waals surface area contributed by atoms with E-state index in [1.807, 2.05) is 40.1 Å². The summed E-state index contributed by atoms with van der Waals surface area (Å²) in [5.41, 5.74) is 0.960. The molecule has 5 aliphatic heterocycles. The fourth-order valence-corrected chi connectivity index (χ4v) is 7.73. The third-order valence-corrected chi connectivity index (χ3v) is 11.0. The molecule has 6 rings (SSSR count). The standard InChI is InChI=1S/C37H56N6O8/c44-33(24-28-6-11-38-12-7-28)40-15-19-42(20-16-40)36(46)50-27-32-35(49-26-30-4-2-1-3-5-30)31(10-23-48-32)51-37(47)43-21-17-41(18-22-43)34(45)25-29-8-13-39-14-9-29/h1-5,28-29,31-32,35,38-39H,6-27H2/t31-,32-,35+/m1/s1. The van der Waals surface area contributed by atoms with Crippen molar-refractivity contribution in [3.8, 4) is 0 Å². The van der Waals surface area contributed by atoms with E-state index in [0.717, 1.165) is 57.4 Å². The summed E-state index contributed by atoms with van der Waals surface area (Å²) in [5.74, 6) is 1.17. The van der Waals surface area contributed by atoms with Crippen molar-refractivity contribution in [1.82, 2.24) is 30.2 Å². The van der Waals surface area contributed by atoms with E-state index >= 15 is 0 Å². The van der Waals surface area contributed by atoms with E-state index in [4.69, 9.17) is 18.9 Å². The van der Waals surface area contributed by atoms with Gasteiger partial charge in [-0.25, -0.2) is 9.59 Å². The minimum absolute atomic E-state index is 0.0565. The Morgan fingerprint density at radius 2 is 1.18 bits per heavy atom. The predicted molar refractivity (Wildman–Crippen MR) is 188 cm³/mol. The molecule has 282 valence electrons. The number of rotatable bonds is 10. The van der Waals surface area contributed by atoms with Crippen LogP contribution >= 0.6 is 0 Å². The molecule has 0 spiro atoms. The van der Waals surface area contributed by atoms with Gasteiger partial charge in [-0.15, -0.1) is 0 Å². The number of nitrogens with zero attached hydrogens (tertiary/aromatic N) is 4. The van der Waals surface area contributed by atoms with Crippen LogP contribution in [0.25, 0.3) is 0 Å². The lowest BCUT2D eigenvalue weighted by molar-refractivity contribution is -0.178. The van der Waals surface area contributed by atoms with Crippen molar-refractivity contribution in [2.75, 3.05) is 91.8 Å². The molecule has 2 N–H and O–H groups in total. The second-order valence-corrected chi connectivity index (χ2v) is 14.5. The zero-order chi connectivity index (χ0) is 35.4. The van der Waals surface area contributed by atoms with Crippen LogP contribution in [-0.4, -0.2) is 154 Å². The maximum Gasteiger partial charge on any atom is 0.410 e. The summed E-state index contributed by atoms with van der Waals surface area (Å²) in [6, 6.07) is 9.73. The molecule has 1 aromatic rings. The molecule has 0 bridgehead atoms. The Labute approximate surface area is 301 Å². The Morgan fingerprint density at radius 3 is 1.73 bits per heavy atom. The average molecular weight is 713 g/mol. The van der Waals surface area contributed by atoms with Crippen LogP contribution in [0.2, 0.25) is 0 Å². The number of benzene rings is 1. The first-order valence-electron chi connectivity index (χ1n) is 19.0. The SMILES string of the molecule is O=C(CC1CCNCC1)N1CCN(C(=O)OC[C@H]2OCC[C@@H](OC(=O)N3CCN(C(=O)CC4CCNCC4)CC3)[C@@H]2OCc2ccccc2)CC1. The molecule has 0 aliphatic carbocycles. The topological polar surface area (TPSA) is 142 Å². The third-order valence-electron chi connectivity index (χ3n) is 11.0. The summed E-state index contributed by atoms with van der Waals surface area (Å²) in [5, 5.41) is 6.69. The lowest BCUT2D eigenvalue weighted by Gasteiger charge is -2.40. The Bertz CT molecular complexity index is 1280.